The maximum atomic E-state index is 11.7. The lowest BCUT2D eigenvalue weighted by molar-refractivity contribution is -0.123. The highest BCUT2D eigenvalue weighted by atomic mass is 16.2. The number of nitrogens with one attached hydrogen (secondary N) is 1. The molecule has 19 heavy (non-hydrogen) atoms. The number of carbonyl (C=O) groups excluding carboxylic acids is 2. The average Bonchev–Trinajstić information content (AvgIpc) is 2.35. The van der Waals surface area contributed by atoms with Gasteiger partial charge in [0.2, 0.25) is 5.91 Å². The molecule has 2 fully saturated rings. The third kappa shape index (κ3) is 3.37. The Bertz CT molecular complexity index is 334. The molecule has 2 rings (SSSR count). The van der Waals surface area contributed by atoms with Crippen molar-refractivity contribution in [2.45, 2.75) is 32.2 Å². The lowest BCUT2D eigenvalue weighted by Gasteiger charge is -2.47. The molecule has 0 radical (unpaired) electrons. The van der Waals surface area contributed by atoms with Crippen LogP contribution < -0.4 is 11.1 Å². The third-order valence-corrected chi connectivity index (χ3v) is 4.12. The molecule has 2 aliphatic rings. The van der Waals surface area contributed by atoms with Gasteiger partial charge in [-0.1, -0.05) is 6.92 Å². The highest BCUT2D eigenvalue weighted by molar-refractivity contribution is 5.76. The molecule has 0 saturated carbocycles. The fourth-order valence-corrected chi connectivity index (χ4v) is 2.74. The number of rotatable bonds is 4. The molecule has 0 aromatic rings. The number of piperidine rings is 1. The van der Waals surface area contributed by atoms with Crippen LogP contribution in [0.3, 0.4) is 0 Å². The number of primary amides is 1. The molecule has 0 aromatic heterocycles. The van der Waals surface area contributed by atoms with Crippen molar-refractivity contribution in [1.29, 1.82) is 0 Å². The molecule has 3 amide bonds. The summed E-state index contributed by atoms with van der Waals surface area (Å²) in [7, 11) is 0. The summed E-state index contributed by atoms with van der Waals surface area (Å²) >= 11 is 0. The largest absolute Gasteiger partial charge is 0.369 e. The minimum Gasteiger partial charge on any atom is -0.369 e. The van der Waals surface area contributed by atoms with Crippen molar-refractivity contribution in [3.63, 3.8) is 0 Å². The number of nitrogens with zero attached hydrogens (tertiary/aromatic N) is 2. The van der Waals surface area contributed by atoms with Crippen LogP contribution in [0.2, 0.25) is 0 Å². The number of hydrogen-bond acceptors (Lipinski definition) is 3. The van der Waals surface area contributed by atoms with Gasteiger partial charge in [0.1, 0.15) is 0 Å². The minimum atomic E-state index is -0.172. The van der Waals surface area contributed by atoms with Gasteiger partial charge in [0.25, 0.3) is 0 Å². The molecule has 2 aliphatic heterocycles. The predicted octanol–water partition coefficient (Wildman–Crippen LogP) is -0.0125. The van der Waals surface area contributed by atoms with Gasteiger partial charge in [0.15, 0.2) is 0 Å². The first-order chi connectivity index (χ1) is 9.11. The molecule has 108 valence electrons. The summed E-state index contributed by atoms with van der Waals surface area (Å²) in [6.45, 7) is 6.23. The van der Waals surface area contributed by atoms with Crippen LogP contribution in [0.1, 0.15) is 26.2 Å². The molecular formula is C13H24N4O2. The van der Waals surface area contributed by atoms with E-state index < -0.39 is 0 Å². The van der Waals surface area contributed by atoms with Gasteiger partial charge in [-0.05, 0) is 32.4 Å². The van der Waals surface area contributed by atoms with E-state index in [-0.39, 0.29) is 17.9 Å². The number of likely N-dealkylation sites (tertiary alicyclic amines) is 2. The summed E-state index contributed by atoms with van der Waals surface area (Å²) in [5.74, 6) is -0.130. The van der Waals surface area contributed by atoms with Gasteiger partial charge in [0, 0.05) is 31.6 Å². The summed E-state index contributed by atoms with van der Waals surface area (Å²) in [4.78, 5) is 27.0. The first-order valence-corrected chi connectivity index (χ1v) is 7.18. The molecule has 0 spiro atoms. The monoisotopic (exact) mass is 268 g/mol. The van der Waals surface area contributed by atoms with Gasteiger partial charge < -0.3 is 16.0 Å². The number of hydrogen-bond donors (Lipinski definition) is 2. The van der Waals surface area contributed by atoms with E-state index in [1.165, 1.54) is 0 Å². The minimum absolute atomic E-state index is 0.0419. The Labute approximate surface area is 114 Å². The van der Waals surface area contributed by atoms with Crippen LogP contribution in [0.25, 0.3) is 0 Å². The molecule has 0 atom stereocenters. The molecule has 6 nitrogen and oxygen atoms in total. The molecule has 2 saturated heterocycles. The quantitative estimate of drug-likeness (QED) is 0.752. The Morgan fingerprint density at radius 1 is 1.26 bits per heavy atom. The van der Waals surface area contributed by atoms with Crippen LogP contribution in [0.15, 0.2) is 0 Å². The van der Waals surface area contributed by atoms with Gasteiger partial charge in [0.05, 0.1) is 0 Å². The molecule has 0 aliphatic carbocycles. The summed E-state index contributed by atoms with van der Waals surface area (Å²) in [6.07, 6.45) is 2.67. The molecule has 3 N–H and O–H groups in total. The average molecular weight is 268 g/mol. The van der Waals surface area contributed by atoms with Crippen molar-refractivity contribution in [2.24, 2.45) is 11.7 Å². The van der Waals surface area contributed by atoms with Crippen molar-refractivity contribution in [3.05, 3.63) is 0 Å². The van der Waals surface area contributed by atoms with Gasteiger partial charge in [-0.25, -0.2) is 4.79 Å². The van der Waals surface area contributed by atoms with Gasteiger partial charge in [-0.15, -0.1) is 0 Å². The maximum absolute atomic E-state index is 11.7. The van der Waals surface area contributed by atoms with Crippen molar-refractivity contribution in [2.75, 3.05) is 32.7 Å². The SMILES string of the molecule is CCCNC(=O)N1CC(N2CCC(C(N)=O)CC2)C1. The topological polar surface area (TPSA) is 78.7 Å². The molecular weight excluding hydrogens is 244 g/mol. The van der Waals surface area contributed by atoms with Crippen molar-refractivity contribution >= 4 is 11.9 Å². The van der Waals surface area contributed by atoms with Crippen LogP contribution in [-0.2, 0) is 4.79 Å². The molecule has 0 aromatic carbocycles. The lowest BCUT2D eigenvalue weighted by Crippen LogP contribution is -2.64. The van der Waals surface area contributed by atoms with Gasteiger partial charge in [-0.3, -0.25) is 9.69 Å². The summed E-state index contributed by atoms with van der Waals surface area (Å²) in [5.41, 5.74) is 5.32. The third-order valence-electron chi connectivity index (χ3n) is 4.12. The molecule has 2 heterocycles. The van der Waals surface area contributed by atoms with Crippen LogP contribution in [-0.4, -0.2) is 60.5 Å². The van der Waals surface area contributed by atoms with Crippen LogP contribution >= 0.6 is 0 Å². The Hall–Kier alpha value is -1.30. The van der Waals surface area contributed by atoms with E-state index in [4.69, 9.17) is 5.73 Å². The van der Waals surface area contributed by atoms with E-state index in [1.54, 1.807) is 0 Å². The van der Waals surface area contributed by atoms with E-state index in [0.29, 0.717) is 6.04 Å². The molecule has 6 heteroatoms. The van der Waals surface area contributed by atoms with E-state index >= 15 is 0 Å². The zero-order valence-electron chi connectivity index (χ0n) is 11.6. The summed E-state index contributed by atoms with van der Waals surface area (Å²) in [5, 5.41) is 2.89. The van der Waals surface area contributed by atoms with E-state index in [1.807, 2.05) is 11.8 Å². The fraction of sp³-hybridized carbons (Fsp3) is 0.846. The zero-order valence-corrected chi connectivity index (χ0v) is 11.6. The second-order valence-corrected chi connectivity index (χ2v) is 5.50. The summed E-state index contributed by atoms with van der Waals surface area (Å²) < 4.78 is 0. The smallest absolute Gasteiger partial charge is 0.317 e. The Kier molecular flexibility index (Phi) is 4.63. The van der Waals surface area contributed by atoms with Gasteiger partial charge >= 0.3 is 6.03 Å². The van der Waals surface area contributed by atoms with Crippen molar-refractivity contribution in [3.8, 4) is 0 Å². The second kappa shape index (κ2) is 6.23. The zero-order chi connectivity index (χ0) is 13.8. The van der Waals surface area contributed by atoms with Crippen LogP contribution in [0.5, 0.6) is 0 Å². The molecule has 0 unspecified atom stereocenters. The first kappa shape index (κ1) is 14.1. The highest BCUT2D eigenvalue weighted by Crippen LogP contribution is 2.23. The normalized spacial score (nSPS) is 22.1. The van der Waals surface area contributed by atoms with E-state index in [0.717, 1.165) is 52.0 Å². The van der Waals surface area contributed by atoms with E-state index in [9.17, 15) is 9.59 Å². The Balaban J connectivity index is 1.67. The predicted molar refractivity (Wildman–Crippen MR) is 72.5 cm³/mol. The van der Waals surface area contributed by atoms with E-state index in [2.05, 4.69) is 10.2 Å². The number of amides is 3. The second-order valence-electron chi connectivity index (χ2n) is 5.50. The number of urea groups is 1. The summed E-state index contributed by atoms with van der Waals surface area (Å²) in [6, 6.07) is 0.506. The van der Waals surface area contributed by atoms with Crippen molar-refractivity contribution in [1.82, 2.24) is 15.1 Å². The highest BCUT2D eigenvalue weighted by Gasteiger charge is 2.36. The number of carbonyl (C=O) groups is 2. The maximum Gasteiger partial charge on any atom is 0.317 e. The van der Waals surface area contributed by atoms with Crippen molar-refractivity contribution < 1.29 is 9.59 Å². The fourth-order valence-electron chi connectivity index (χ4n) is 2.74. The van der Waals surface area contributed by atoms with Crippen LogP contribution in [0, 0.1) is 5.92 Å². The van der Waals surface area contributed by atoms with Crippen LogP contribution in [0.4, 0.5) is 4.79 Å². The lowest BCUT2D eigenvalue weighted by atomic mass is 9.94. The number of nitrogens with two attached hydrogens (primary N) is 1. The Morgan fingerprint density at radius 2 is 1.89 bits per heavy atom. The molecule has 0 bridgehead atoms. The first-order valence-electron chi connectivity index (χ1n) is 7.18. The standard InChI is InChI=1S/C13H24N4O2/c1-2-5-15-13(19)17-8-11(9-17)16-6-3-10(4-7-16)12(14)18/h10-11H,2-9H2,1H3,(H2,14,18)(H,15,19). The van der Waals surface area contributed by atoms with Gasteiger partial charge in [-0.2, -0.15) is 0 Å². The Morgan fingerprint density at radius 3 is 2.42 bits per heavy atom.